The van der Waals surface area contributed by atoms with E-state index in [0.29, 0.717) is 58.1 Å². The fourth-order valence-electron chi connectivity index (χ4n) is 11.6. The number of aromatic amines is 1. The summed E-state index contributed by atoms with van der Waals surface area (Å²) in [4.78, 5) is 42.4. The van der Waals surface area contributed by atoms with E-state index in [4.69, 9.17) is 24.2 Å². The Bertz CT molecular complexity index is 3570. The smallest absolute Gasteiger partial charge is 0.319 e. The average Bonchev–Trinajstić information content (AvgIpc) is 3.30. The monoisotopic (exact) mass is 1120 g/mol. The van der Waals surface area contributed by atoms with Crippen LogP contribution in [0.2, 0.25) is 0 Å². The number of β-amino-alcohol motifs (C(OH)–C–C–N with tert-alkyl or cyclic N) is 1. The van der Waals surface area contributed by atoms with Crippen LogP contribution in [0.4, 0.5) is 10.2 Å². The lowest BCUT2D eigenvalue weighted by molar-refractivity contribution is -0.142. The van der Waals surface area contributed by atoms with Gasteiger partial charge in [0.25, 0.3) is 0 Å². The number of aromatic nitrogens is 9. The molecule has 1 saturated carbocycles. The molecule has 3 fully saturated rings. The molecule has 0 spiro atoms. The number of H-pyrrole nitrogens is 1. The quantitative estimate of drug-likeness (QED) is 0.0435. The predicted molar refractivity (Wildman–Crippen MR) is 309 cm³/mol. The van der Waals surface area contributed by atoms with Gasteiger partial charge in [-0.25, -0.2) is 9.07 Å². The first-order valence-electron chi connectivity index (χ1n) is 28.5. The largest absolute Gasteiger partial charge is 0.486 e. The molecule has 21 heteroatoms. The molecule has 1 aliphatic carbocycles. The summed E-state index contributed by atoms with van der Waals surface area (Å²) in [5, 5.41) is 50.2. The number of likely N-dealkylation sites (tertiary alicyclic amines) is 1. The number of carbonyl (C=O) groups is 2. The summed E-state index contributed by atoms with van der Waals surface area (Å²) in [6.07, 6.45) is 8.15. The fourth-order valence-corrected chi connectivity index (χ4v) is 11.6. The third kappa shape index (κ3) is 11.4. The van der Waals surface area contributed by atoms with E-state index in [1.165, 1.54) is 15.6 Å². The first kappa shape index (κ1) is 56.0. The standard InChI is InChI=1S/C61H72FN13O7/c1-8-74-51(21-23-65-74)41-19-17-40(18-20-41)50(31-76)66-59(78)52-24-43(77)29-73(52)60(79)56(34(2)3)75-30-49(70-71-75)39-13-11-37(12-14-39)33-81-57-54(53-36(5)47(62)26-48-46(53)27-64-69-48)44(38-15-16-38)25-45-55(57)67-61(82-32-35(4)80-7)68-58(45)72(6)28-42-10-9-22-63-42/h11-14,17-21,23,25-27,30,34-35,38,42-43,50,52,56,63,76-77H,8-10,15-16,22,24,28-29,31-33H2,1-7H3,(H,64,69)(H,66,78)/t35-,42-,43+,50-,52-,56-/m0/s1. The second-order valence-corrected chi connectivity index (χ2v) is 22.4. The molecule has 8 aromatic rings. The molecule has 430 valence electrons. The van der Waals surface area contributed by atoms with E-state index >= 15 is 4.39 Å². The third-order valence-electron chi connectivity index (χ3n) is 16.3. The molecule has 4 aromatic heterocycles. The maximum atomic E-state index is 16.1. The highest BCUT2D eigenvalue weighted by atomic mass is 19.1. The molecule has 3 aliphatic rings. The van der Waals surface area contributed by atoms with Gasteiger partial charge in [-0.3, -0.25) is 19.4 Å². The Labute approximate surface area is 475 Å². The molecule has 2 saturated heterocycles. The van der Waals surface area contributed by atoms with Crippen LogP contribution < -0.4 is 25.0 Å². The van der Waals surface area contributed by atoms with E-state index in [1.54, 1.807) is 32.6 Å². The van der Waals surface area contributed by atoms with Gasteiger partial charge in [0.1, 0.15) is 48.1 Å². The van der Waals surface area contributed by atoms with Crippen LogP contribution in [0.3, 0.4) is 0 Å². The van der Waals surface area contributed by atoms with Gasteiger partial charge in [-0.1, -0.05) is 67.6 Å². The highest BCUT2D eigenvalue weighted by molar-refractivity contribution is 6.06. The van der Waals surface area contributed by atoms with E-state index in [2.05, 4.69) is 47.2 Å². The number of amides is 2. The number of methoxy groups -OCH3 is 1. The number of nitrogens with one attached hydrogen (secondary N) is 3. The van der Waals surface area contributed by atoms with Crippen LogP contribution in [0, 0.1) is 18.7 Å². The molecular weight excluding hydrogens is 1050 g/mol. The molecule has 0 unspecified atom stereocenters. The highest BCUT2D eigenvalue weighted by Gasteiger charge is 2.43. The number of carbonyl (C=O) groups excluding carboxylic acids is 2. The summed E-state index contributed by atoms with van der Waals surface area (Å²) in [5.41, 5.74) is 8.70. The molecule has 5 N–H and O–H groups in total. The Morgan fingerprint density at radius 3 is 2.46 bits per heavy atom. The number of hydrogen-bond acceptors (Lipinski definition) is 15. The Hall–Kier alpha value is -7.85. The van der Waals surface area contributed by atoms with Crippen molar-refractivity contribution in [1.29, 1.82) is 0 Å². The van der Waals surface area contributed by atoms with Crippen LogP contribution in [0.1, 0.15) is 100 Å². The average molecular weight is 1120 g/mol. The van der Waals surface area contributed by atoms with Gasteiger partial charge in [-0.2, -0.15) is 20.2 Å². The van der Waals surface area contributed by atoms with Crippen molar-refractivity contribution in [2.75, 3.05) is 51.9 Å². The van der Waals surface area contributed by atoms with E-state index in [9.17, 15) is 19.8 Å². The Kier molecular flexibility index (Phi) is 16.4. The van der Waals surface area contributed by atoms with Gasteiger partial charge in [0, 0.05) is 79.9 Å². The minimum atomic E-state index is -0.987. The predicted octanol–water partition coefficient (Wildman–Crippen LogP) is 7.83. The zero-order chi connectivity index (χ0) is 57.3. The van der Waals surface area contributed by atoms with E-state index in [0.717, 1.165) is 76.5 Å². The van der Waals surface area contributed by atoms with Gasteiger partial charge in [0.15, 0.2) is 5.75 Å². The number of anilines is 1. The molecule has 0 radical (unpaired) electrons. The maximum Gasteiger partial charge on any atom is 0.319 e. The minimum Gasteiger partial charge on any atom is -0.486 e. The van der Waals surface area contributed by atoms with Crippen molar-refractivity contribution in [2.45, 2.75) is 122 Å². The number of fused-ring (bicyclic) bond motifs is 2. The Morgan fingerprint density at radius 2 is 1.76 bits per heavy atom. The maximum absolute atomic E-state index is 16.1. The van der Waals surface area contributed by atoms with Crippen LogP contribution >= 0.6 is 0 Å². The lowest BCUT2D eigenvalue weighted by Crippen LogP contribution is -2.50. The Balaban J connectivity index is 0.867. The number of likely N-dealkylation sites (N-methyl/N-ethyl adjacent to an activating group) is 1. The molecular formula is C61H72FN13O7. The molecule has 11 rings (SSSR count). The van der Waals surface area contributed by atoms with Crippen LogP contribution in [0.5, 0.6) is 11.8 Å². The van der Waals surface area contributed by atoms with Crippen molar-refractivity contribution in [3.05, 3.63) is 113 Å². The number of aryl methyl sites for hydroxylation is 1. The second-order valence-electron chi connectivity index (χ2n) is 22.4. The second kappa shape index (κ2) is 23.9. The number of aliphatic hydroxyl groups is 2. The molecule has 0 bridgehead atoms. The van der Waals surface area contributed by atoms with Gasteiger partial charge in [0.2, 0.25) is 11.8 Å². The Morgan fingerprint density at radius 1 is 0.976 bits per heavy atom. The van der Waals surface area contributed by atoms with Crippen molar-refractivity contribution in [1.82, 2.24) is 60.5 Å². The fraction of sp³-hybridized carbons (Fsp3) is 0.443. The number of nitrogens with zero attached hydrogens (tertiary/aromatic N) is 10. The summed E-state index contributed by atoms with van der Waals surface area (Å²) in [6, 6.07) is 18.7. The first-order chi connectivity index (χ1) is 39.7. The van der Waals surface area contributed by atoms with Crippen LogP contribution in [0.15, 0.2) is 85.3 Å². The van der Waals surface area contributed by atoms with Gasteiger partial charge < -0.3 is 44.9 Å². The molecule has 2 aliphatic heterocycles. The number of hydrogen-bond donors (Lipinski definition) is 5. The highest BCUT2D eigenvalue weighted by Crippen LogP contribution is 2.53. The SMILES string of the molecule is CCn1nccc1-c1ccc([C@H](CO)NC(=O)[C@@H]2C[C@@H](O)CN2C(=O)[C@H](C(C)C)n2cc(-c3ccc(COc4c(-c5c(C)c(F)cc6[nH]ncc56)c(C5CC5)cc5c(N(C)C[C@@H]6CCCN6)nc(OC[C@H](C)OC)nc45)cc3)nn2)cc1. The van der Waals surface area contributed by atoms with Crippen molar-refractivity contribution in [2.24, 2.45) is 5.92 Å². The molecule has 82 heavy (non-hydrogen) atoms. The minimum absolute atomic E-state index is 0.0371. The molecule has 6 atom stereocenters. The zero-order valence-electron chi connectivity index (χ0n) is 47.5. The van der Waals surface area contributed by atoms with Gasteiger partial charge >= 0.3 is 6.01 Å². The lowest BCUT2D eigenvalue weighted by atomic mass is 9.88. The van der Waals surface area contributed by atoms with E-state index in [1.807, 2.05) is 94.0 Å². The van der Waals surface area contributed by atoms with Crippen LogP contribution in [-0.2, 0) is 27.5 Å². The van der Waals surface area contributed by atoms with Crippen molar-refractivity contribution >= 4 is 39.4 Å². The van der Waals surface area contributed by atoms with Crippen molar-refractivity contribution in [3.63, 3.8) is 0 Å². The summed E-state index contributed by atoms with van der Waals surface area (Å²) in [7, 11) is 3.67. The summed E-state index contributed by atoms with van der Waals surface area (Å²) in [5.74, 6) is -0.135. The summed E-state index contributed by atoms with van der Waals surface area (Å²) in [6.45, 7) is 11.8. The number of halogens is 1. The number of ether oxygens (including phenoxy) is 3. The normalized spacial score (nSPS) is 18.4. The van der Waals surface area contributed by atoms with Gasteiger partial charge in [0.05, 0.1) is 48.5 Å². The molecule has 2 amide bonds. The molecule has 4 aromatic carbocycles. The van der Waals surface area contributed by atoms with E-state index in [-0.39, 0.29) is 74.5 Å². The van der Waals surface area contributed by atoms with Crippen LogP contribution in [-0.4, -0.2) is 143 Å². The van der Waals surface area contributed by atoms with Crippen molar-refractivity contribution in [3.8, 4) is 45.4 Å². The number of rotatable bonds is 22. The summed E-state index contributed by atoms with van der Waals surface area (Å²) >= 11 is 0. The third-order valence-corrected chi connectivity index (χ3v) is 16.3. The number of aliphatic hydroxyl groups excluding tert-OH is 2. The van der Waals surface area contributed by atoms with Gasteiger partial charge in [-0.05, 0) is 111 Å². The zero-order valence-corrected chi connectivity index (χ0v) is 47.5. The van der Waals surface area contributed by atoms with Crippen molar-refractivity contribution < 1.29 is 38.4 Å². The summed E-state index contributed by atoms with van der Waals surface area (Å²) < 4.78 is 38.4. The lowest BCUT2D eigenvalue weighted by Gasteiger charge is -2.30. The van der Waals surface area contributed by atoms with Gasteiger partial charge in [-0.15, -0.1) is 5.10 Å². The molecule has 6 heterocycles. The van der Waals surface area contributed by atoms with Crippen LogP contribution in [0.25, 0.3) is 55.4 Å². The topological polar surface area (TPSA) is 236 Å². The molecule has 20 nitrogen and oxygen atoms in total. The number of benzene rings is 4. The van der Waals surface area contributed by atoms with E-state index < -0.39 is 30.1 Å². The first-order valence-corrected chi connectivity index (χ1v) is 28.5.